The number of rotatable bonds is 6. The fraction of sp³-hybridized carbons (Fsp3) is 0.259. The van der Waals surface area contributed by atoms with Gasteiger partial charge >= 0.3 is 0 Å². The molecule has 1 aromatic carbocycles. The lowest BCUT2D eigenvalue weighted by Crippen LogP contribution is -2.27. The minimum Gasteiger partial charge on any atom is -0.383 e. The lowest BCUT2D eigenvalue weighted by molar-refractivity contribution is -0.125. The van der Waals surface area contributed by atoms with Gasteiger partial charge in [-0.05, 0) is 55.7 Å². The summed E-state index contributed by atoms with van der Waals surface area (Å²) < 4.78 is 1.85. The molecule has 188 valence electrons. The van der Waals surface area contributed by atoms with Crippen LogP contribution in [0.15, 0.2) is 61.1 Å². The number of anilines is 2. The summed E-state index contributed by atoms with van der Waals surface area (Å²) in [6, 6.07) is 10.8. The molecule has 0 saturated carbocycles. The standard InChI is InChI=1S/C27H28N8O2/c1-3-4-5-22(36)34-13-11-20(15-34)35-26-23(25(28)30-16-31-26)24(33-35)18-6-8-19(9-7-18)27(37)32-21-14-17(2)10-12-29-21/h4-10,12,14,16,20H,3,11,13,15H2,1-2H3,(H2,28,30,31)(H,29,32,37)/b5-4+. The van der Waals surface area contributed by atoms with Crippen LogP contribution in [0.3, 0.4) is 0 Å². The van der Waals surface area contributed by atoms with E-state index >= 15 is 0 Å². The van der Waals surface area contributed by atoms with Gasteiger partial charge in [0.25, 0.3) is 5.91 Å². The van der Waals surface area contributed by atoms with Gasteiger partial charge in [0.2, 0.25) is 5.91 Å². The molecule has 1 atom stereocenters. The number of allylic oxidation sites excluding steroid dienone is 1. The number of nitrogens with zero attached hydrogens (tertiary/aromatic N) is 6. The Hall–Kier alpha value is -4.60. The normalized spacial score (nSPS) is 15.5. The van der Waals surface area contributed by atoms with Crippen molar-refractivity contribution in [1.82, 2.24) is 29.6 Å². The molecule has 4 heterocycles. The van der Waals surface area contributed by atoms with E-state index in [1.165, 1.54) is 6.33 Å². The van der Waals surface area contributed by atoms with Crippen LogP contribution in [0.2, 0.25) is 0 Å². The predicted molar refractivity (Wildman–Crippen MR) is 142 cm³/mol. The quantitative estimate of drug-likeness (QED) is 0.388. The molecule has 0 aliphatic carbocycles. The number of pyridine rings is 1. The summed E-state index contributed by atoms with van der Waals surface area (Å²) in [5.74, 6) is 0.578. The Morgan fingerprint density at radius 2 is 1.97 bits per heavy atom. The molecule has 1 saturated heterocycles. The molecule has 10 nitrogen and oxygen atoms in total. The molecule has 0 radical (unpaired) electrons. The molecule has 1 unspecified atom stereocenters. The molecular weight excluding hydrogens is 468 g/mol. The van der Waals surface area contributed by atoms with Crippen LogP contribution in [-0.4, -0.2) is 54.5 Å². The Morgan fingerprint density at radius 3 is 2.73 bits per heavy atom. The molecule has 4 aromatic rings. The van der Waals surface area contributed by atoms with E-state index in [4.69, 9.17) is 10.8 Å². The number of benzene rings is 1. The Labute approximate surface area is 214 Å². The molecule has 3 N–H and O–H groups in total. The summed E-state index contributed by atoms with van der Waals surface area (Å²) in [6.45, 7) is 5.13. The van der Waals surface area contributed by atoms with Gasteiger partial charge in [-0.2, -0.15) is 5.10 Å². The average Bonchev–Trinajstić information content (AvgIpc) is 3.53. The van der Waals surface area contributed by atoms with Crippen LogP contribution < -0.4 is 11.1 Å². The molecule has 1 aliphatic rings. The highest BCUT2D eigenvalue weighted by molar-refractivity contribution is 6.04. The van der Waals surface area contributed by atoms with E-state index in [0.717, 1.165) is 24.0 Å². The van der Waals surface area contributed by atoms with Gasteiger partial charge in [0.1, 0.15) is 23.7 Å². The van der Waals surface area contributed by atoms with E-state index in [9.17, 15) is 9.59 Å². The van der Waals surface area contributed by atoms with Gasteiger partial charge in [-0.3, -0.25) is 9.59 Å². The Morgan fingerprint density at radius 1 is 1.16 bits per heavy atom. The molecule has 1 fully saturated rings. The number of nitrogens with one attached hydrogen (secondary N) is 1. The molecule has 2 amide bonds. The summed E-state index contributed by atoms with van der Waals surface area (Å²) in [6.07, 6.45) is 8.15. The highest BCUT2D eigenvalue weighted by atomic mass is 16.2. The summed E-state index contributed by atoms with van der Waals surface area (Å²) in [5, 5.41) is 8.35. The van der Waals surface area contributed by atoms with Gasteiger partial charge in [-0.25, -0.2) is 19.6 Å². The topological polar surface area (TPSA) is 132 Å². The van der Waals surface area contributed by atoms with E-state index in [1.807, 2.05) is 53.8 Å². The lowest BCUT2D eigenvalue weighted by atomic mass is 10.1. The zero-order chi connectivity index (χ0) is 25.9. The van der Waals surface area contributed by atoms with Crippen LogP contribution in [0.4, 0.5) is 11.6 Å². The number of nitrogen functional groups attached to an aromatic ring is 1. The van der Waals surface area contributed by atoms with Crippen molar-refractivity contribution in [3.63, 3.8) is 0 Å². The first-order valence-corrected chi connectivity index (χ1v) is 12.2. The van der Waals surface area contributed by atoms with Gasteiger partial charge in [0, 0.05) is 30.4 Å². The Balaban J connectivity index is 1.42. The second-order valence-corrected chi connectivity index (χ2v) is 9.04. The van der Waals surface area contributed by atoms with Gasteiger partial charge in [-0.1, -0.05) is 25.1 Å². The van der Waals surface area contributed by atoms with E-state index in [2.05, 4.69) is 20.3 Å². The van der Waals surface area contributed by atoms with Crippen LogP contribution in [0.5, 0.6) is 0 Å². The molecule has 0 bridgehead atoms. The molecule has 5 rings (SSSR count). The van der Waals surface area contributed by atoms with Crippen molar-refractivity contribution >= 4 is 34.5 Å². The number of amides is 2. The summed E-state index contributed by atoms with van der Waals surface area (Å²) in [4.78, 5) is 39.9. The number of hydrogen-bond donors (Lipinski definition) is 2. The van der Waals surface area contributed by atoms with Crippen molar-refractivity contribution in [3.05, 3.63) is 72.2 Å². The van der Waals surface area contributed by atoms with Crippen LogP contribution in [0, 0.1) is 6.92 Å². The van der Waals surface area contributed by atoms with Crippen molar-refractivity contribution in [1.29, 1.82) is 0 Å². The number of nitrogens with two attached hydrogens (primary N) is 1. The van der Waals surface area contributed by atoms with E-state index in [-0.39, 0.29) is 17.9 Å². The summed E-state index contributed by atoms with van der Waals surface area (Å²) >= 11 is 0. The SMILES string of the molecule is CC/C=C/C(=O)N1CCC(n2nc(-c3ccc(C(=O)Nc4cc(C)ccn4)cc3)c3c(N)ncnc32)C1. The van der Waals surface area contributed by atoms with E-state index < -0.39 is 0 Å². The van der Waals surface area contributed by atoms with Crippen LogP contribution in [0.1, 0.15) is 41.7 Å². The fourth-order valence-corrected chi connectivity index (χ4v) is 4.49. The molecule has 37 heavy (non-hydrogen) atoms. The van der Waals surface area contributed by atoms with Crippen molar-refractivity contribution in [2.24, 2.45) is 0 Å². The van der Waals surface area contributed by atoms with Crippen LogP contribution in [0.25, 0.3) is 22.3 Å². The van der Waals surface area contributed by atoms with Crippen molar-refractivity contribution in [2.45, 2.75) is 32.7 Å². The summed E-state index contributed by atoms with van der Waals surface area (Å²) in [5.41, 5.74) is 9.81. The maximum Gasteiger partial charge on any atom is 0.256 e. The maximum atomic E-state index is 12.7. The van der Waals surface area contributed by atoms with Gasteiger partial charge in [-0.15, -0.1) is 0 Å². The fourth-order valence-electron chi connectivity index (χ4n) is 4.49. The second-order valence-electron chi connectivity index (χ2n) is 9.04. The van der Waals surface area contributed by atoms with Crippen LogP contribution >= 0.6 is 0 Å². The van der Waals surface area contributed by atoms with Gasteiger partial charge < -0.3 is 16.0 Å². The van der Waals surface area contributed by atoms with Crippen molar-refractivity contribution in [2.75, 3.05) is 24.1 Å². The minimum atomic E-state index is -0.254. The zero-order valence-corrected chi connectivity index (χ0v) is 20.8. The number of likely N-dealkylation sites (tertiary alicyclic amines) is 1. The first kappa shape index (κ1) is 24.1. The third-order valence-corrected chi connectivity index (χ3v) is 6.41. The van der Waals surface area contributed by atoms with Crippen molar-refractivity contribution in [3.8, 4) is 11.3 Å². The zero-order valence-electron chi connectivity index (χ0n) is 20.8. The number of carbonyl (C=O) groups excluding carboxylic acids is 2. The smallest absolute Gasteiger partial charge is 0.256 e. The van der Waals surface area contributed by atoms with Gasteiger partial charge in [0.15, 0.2) is 5.65 Å². The highest BCUT2D eigenvalue weighted by Gasteiger charge is 2.30. The average molecular weight is 497 g/mol. The number of hydrogen-bond acceptors (Lipinski definition) is 7. The predicted octanol–water partition coefficient (Wildman–Crippen LogP) is 3.77. The highest BCUT2D eigenvalue weighted by Crippen LogP contribution is 2.34. The van der Waals surface area contributed by atoms with Crippen molar-refractivity contribution < 1.29 is 9.59 Å². The molecular formula is C27H28N8O2. The van der Waals surface area contributed by atoms with Crippen LogP contribution in [-0.2, 0) is 4.79 Å². The maximum absolute atomic E-state index is 12.7. The first-order valence-electron chi connectivity index (χ1n) is 12.2. The number of aryl methyl sites for hydroxylation is 1. The monoisotopic (exact) mass is 496 g/mol. The third kappa shape index (κ3) is 4.90. The minimum absolute atomic E-state index is 0.00454. The number of carbonyl (C=O) groups is 2. The number of fused-ring (bicyclic) bond motifs is 1. The third-order valence-electron chi connectivity index (χ3n) is 6.41. The Kier molecular flexibility index (Phi) is 6.63. The molecule has 3 aromatic heterocycles. The molecule has 1 aliphatic heterocycles. The second kappa shape index (κ2) is 10.2. The molecule has 10 heteroatoms. The first-order chi connectivity index (χ1) is 17.9. The van der Waals surface area contributed by atoms with E-state index in [0.29, 0.717) is 47.0 Å². The van der Waals surface area contributed by atoms with Gasteiger partial charge in [0.05, 0.1) is 11.4 Å². The summed E-state index contributed by atoms with van der Waals surface area (Å²) in [7, 11) is 0. The largest absolute Gasteiger partial charge is 0.383 e. The van der Waals surface area contributed by atoms with E-state index in [1.54, 1.807) is 24.4 Å². The lowest BCUT2D eigenvalue weighted by Gasteiger charge is -2.15. The molecule has 0 spiro atoms. The number of aromatic nitrogens is 5. The Bertz CT molecular complexity index is 1490.